The van der Waals surface area contributed by atoms with Crippen molar-refractivity contribution in [3.8, 4) is 0 Å². The molecule has 0 spiro atoms. The van der Waals surface area contributed by atoms with E-state index in [9.17, 15) is 9.59 Å². The minimum absolute atomic E-state index is 0.118. The van der Waals surface area contributed by atoms with E-state index in [1.807, 2.05) is 43.3 Å². The Kier molecular flexibility index (Phi) is 5.30. The number of aromatic nitrogens is 1. The summed E-state index contributed by atoms with van der Waals surface area (Å²) in [6.45, 7) is 2.02. The van der Waals surface area contributed by atoms with Gasteiger partial charge in [-0.3, -0.25) is 10.1 Å². The highest BCUT2D eigenvalue weighted by Gasteiger charge is 2.10. The first-order valence-corrected chi connectivity index (χ1v) is 8.75. The Morgan fingerprint density at radius 2 is 1.76 bits per heavy atom. The second-order valence-corrected chi connectivity index (χ2v) is 6.45. The predicted octanol–water partition coefficient (Wildman–Crippen LogP) is 3.98. The molecule has 126 valence electrons. The molecule has 25 heavy (non-hydrogen) atoms. The summed E-state index contributed by atoms with van der Waals surface area (Å²) in [7, 11) is 0. The van der Waals surface area contributed by atoms with Gasteiger partial charge < -0.3 is 5.32 Å². The first-order valence-electron chi connectivity index (χ1n) is 7.77. The third kappa shape index (κ3) is 4.58. The van der Waals surface area contributed by atoms with Crippen molar-refractivity contribution in [1.82, 2.24) is 10.3 Å². The SMILES string of the molecule is Cc1cc(SCC(=O)NC(=O)Nc2ccccc2)nc2ccccc12. The number of anilines is 1. The quantitative estimate of drug-likeness (QED) is 0.698. The molecule has 0 bridgehead atoms. The summed E-state index contributed by atoms with van der Waals surface area (Å²) in [5.41, 5.74) is 2.63. The Hall–Kier alpha value is -2.86. The summed E-state index contributed by atoms with van der Waals surface area (Å²) in [5, 5.41) is 6.78. The normalized spacial score (nSPS) is 10.4. The van der Waals surface area contributed by atoms with Crippen LogP contribution < -0.4 is 10.6 Å². The Balaban J connectivity index is 1.56. The summed E-state index contributed by atoms with van der Waals surface area (Å²) < 4.78 is 0. The van der Waals surface area contributed by atoms with Gasteiger partial charge in [-0.1, -0.05) is 48.2 Å². The number of amides is 3. The molecule has 6 heteroatoms. The van der Waals surface area contributed by atoms with E-state index in [1.54, 1.807) is 24.3 Å². The molecule has 2 N–H and O–H groups in total. The van der Waals surface area contributed by atoms with Crippen molar-refractivity contribution in [1.29, 1.82) is 0 Å². The lowest BCUT2D eigenvalue weighted by atomic mass is 10.1. The van der Waals surface area contributed by atoms with Crippen LogP contribution in [0.5, 0.6) is 0 Å². The number of aryl methyl sites for hydroxylation is 1. The zero-order chi connectivity index (χ0) is 17.6. The zero-order valence-electron chi connectivity index (χ0n) is 13.7. The summed E-state index contributed by atoms with van der Waals surface area (Å²) in [6.07, 6.45) is 0. The lowest BCUT2D eigenvalue weighted by molar-refractivity contribution is -0.117. The number of fused-ring (bicyclic) bond motifs is 1. The van der Waals surface area contributed by atoms with Crippen LogP contribution in [0.25, 0.3) is 10.9 Å². The van der Waals surface area contributed by atoms with E-state index in [-0.39, 0.29) is 11.7 Å². The van der Waals surface area contributed by atoms with E-state index in [0.29, 0.717) is 5.69 Å². The van der Waals surface area contributed by atoms with Gasteiger partial charge in [-0.25, -0.2) is 9.78 Å². The molecule has 0 fully saturated rings. The molecule has 3 rings (SSSR count). The highest BCUT2D eigenvalue weighted by atomic mass is 32.2. The number of rotatable bonds is 4. The Morgan fingerprint density at radius 1 is 1.04 bits per heavy atom. The third-order valence-corrected chi connectivity index (χ3v) is 4.45. The number of benzene rings is 2. The number of urea groups is 1. The van der Waals surface area contributed by atoms with Crippen LogP contribution in [0.3, 0.4) is 0 Å². The van der Waals surface area contributed by atoms with E-state index in [4.69, 9.17) is 0 Å². The average Bonchev–Trinajstić information content (AvgIpc) is 2.61. The lowest BCUT2D eigenvalue weighted by Crippen LogP contribution is -2.35. The standard InChI is InChI=1S/C19H17N3O2S/c1-13-11-18(21-16-10-6-5-9-15(13)16)25-12-17(23)22-19(24)20-14-7-3-2-4-8-14/h2-11H,12H2,1H3,(H2,20,22,23,24). The van der Waals surface area contributed by atoms with Crippen molar-refractivity contribution >= 4 is 40.3 Å². The average molecular weight is 351 g/mol. The second-order valence-electron chi connectivity index (χ2n) is 5.45. The Bertz CT molecular complexity index is 913. The molecule has 0 saturated heterocycles. The number of nitrogens with zero attached hydrogens (tertiary/aromatic N) is 1. The number of thioether (sulfide) groups is 1. The number of hydrogen-bond acceptors (Lipinski definition) is 4. The van der Waals surface area contributed by atoms with E-state index in [1.165, 1.54) is 11.8 Å². The van der Waals surface area contributed by atoms with Crippen molar-refractivity contribution in [2.45, 2.75) is 11.9 Å². The molecule has 1 heterocycles. The molecule has 0 radical (unpaired) electrons. The van der Waals surface area contributed by atoms with Crippen LogP contribution in [0.1, 0.15) is 5.56 Å². The first-order chi connectivity index (χ1) is 12.1. The predicted molar refractivity (Wildman–Crippen MR) is 101 cm³/mol. The number of para-hydroxylation sites is 2. The van der Waals surface area contributed by atoms with Gasteiger partial charge in [0.15, 0.2) is 0 Å². The van der Waals surface area contributed by atoms with Crippen LogP contribution in [0, 0.1) is 6.92 Å². The second kappa shape index (κ2) is 7.81. The van der Waals surface area contributed by atoms with Gasteiger partial charge in [-0.15, -0.1) is 0 Å². The van der Waals surface area contributed by atoms with Crippen molar-refractivity contribution in [3.05, 3.63) is 66.2 Å². The fraction of sp³-hybridized carbons (Fsp3) is 0.105. The minimum Gasteiger partial charge on any atom is -0.308 e. The molecule has 0 aliphatic heterocycles. The summed E-state index contributed by atoms with van der Waals surface area (Å²) in [6, 6.07) is 18.2. The number of nitrogens with one attached hydrogen (secondary N) is 2. The van der Waals surface area contributed by atoms with Crippen LogP contribution in [0.15, 0.2) is 65.7 Å². The van der Waals surface area contributed by atoms with Gasteiger partial charge in [-0.05, 0) is 36.8 Å². The lowest BCUT2D eigenvalue weighted by Gasteiger charge is -2.07. The van der Waals surface area contributed by atoms with E-state index in [0.717, 1.165) is 21.5 Å². The monoisotopic (exact) mass is 351 g/mol. The zero-order valence-corrected chi connectivity index (χ0v) is 14.5. The van der Waals surface area contributed by atoms with E-state index >= 15 is 0 Å². The van der Waals surface area contributed by atoms with E-state index < -0.39 is 6.03 Å². The van der Waals surface area contributed by atoms with Gasteiger partial charge in [-0.2, -0.15) is 0 Å². The number of carbonyl (C=O) groups excluding carboxylic acids is 2. The third-order valence-electron chi connectivity index (χ3n) is 3.54. The van der Waals surface area contributed by atoms with Crippen LogP contribution in [-0.4, -0.2) is 22.7 Å². The van der Waals surface area contributed by atoms with Crippen molar-refractivity contribution in [3.63, 3.8) is 0 Å². The van der Waals surface area contributed by atoms with Gasteiger partial charge >= 0.3 is 6.03 Å². The highest BCUT2D eigenvalue weighted by molar-refractivity contribution is 7.99. The van der Waals surface area contributed by atoms with Crippen LogP contribution in [0.4, 0.5) is 10.5 Å². The Labute approximate surface area is 149 Å². The van der Waals surface area contributed by atoms with Crippen molar-refractivity contribution < 1.29 is 9.59 Å². The summed E-state index contributed by atoms with van der Waals surface area (Å²) >= 11 is 1.30. The molecule has 1 aromatic heterocycles. The maximum atomic E-state index is 11.9. The smallest absolute Gasteiger partial charge is 0.308 e. The van der Waals surface area contributed by atoms with Gasteiger partial charge in [0.1, 0.15) is 0 Å². The maximum Gasteiger partial charge on any atom is 0.325 e. The number of carbonyl (C=O) groups is 2. The largest absolute Gasteiger partial charge is 0.325 e. The fourth-order valence-electron chi connectivity index (χ4n) is 2.38. The molecule has 3 aromatic rings. The molecule has 0 atom stereocenters. The molecule has 0 aliphatic rings. The van der Waals surface area contributed by atoms with Gasteiger partial charge in [0.2, 0.25) is 5.91 Å². The topological polar surface area (TPSA) is 71.1 Å². The number of hydrogen-bond donors (Lipinski definition) is 2. The Morgan fingerprint density at radius 3 is 2.56 bits per heavy atom. The summed E-state index contributed by atoms with van der Waals surface area (Å²) in [4.78, 5) is 28.3. The van der Waals surface area contributed by atoms with Gasteiger partial charge in [0, 0.05) is 11.1 Å². The molecule has 3 amide bonds. The molecule has 0 saturated carbocycles. The first kappa shape index (κ1) is 17.0. The molecule has 0 unspecified atom stereocenters. The molecule has 0 aliphatic carbocycles. The van der Waals surface area contributed by atoms with E-state index in [2.05, 4.69) is 15.6 Å². The molecule has 5 nitrogen and oxygen atoms in total. The summed E-state index contributed by atoms with van der Waals surface area (Å²) in [5.74, 6) is -0.251. The fourth-order valence-corrected chi connectivity index (χ4v) is 3.15. The van der Waals surface area contributed by atoms with Gasteiger partial charge in [0.05, 0.1) is 16.3 Å². The minimum atomic E-state index is -0.542. The molecule has 2 aromatic carbocycles. The van der Waals surface area contributed by atoms with Crippen LogP contribution >= 0.6 is 11.8 Å². The van der Waals surface area contributed by atoms with Crippen LogP contribution in [0.2, 0.25) is 0 Å². The van der Waals surface area contributed by atoms with Crippen LogP contribution in [-0.2, 0) is 4.79 Å². The van der Waals surface area contributed by atoms with Crippen molar-refractivity contribution in [2.75, 3.05) is 11.1 Å². The van der Waals surface area contributed by atoms with Gasteiger partial charge in [0.25, 0.3) is 0 Å². The highest BCUT2D eigenvalue weighted by Crippen LogP contribution is 2.23. The molecular weight excluding hydrogens is 334 g/mol. The maximum absolute atomic E-state index is 11.9. The number of pyridine rings is 1. The number of imide groups is 1. The molecular formula is C19H17N3O2S. The van der Waals surface area contributed by atoms with Crippen molar-refractivity contribution in [2.24, 2.45) is 0 Å².